The van der Waals surface area contributed by atoms with Crippen molar-refractivity contribution in [2.75, 3.05) is 0 Å². The molecule has 8 nitrogen and oxygen atoms in total. The summed E-state index contributed by atoms with van der Waals surface area (Å²) in [6.45, 7) is 7.77. The van der Waals surface area contributed by atoms with Gasteiger partial charge in [-0.05, 0) is 45.2 Å². The first-order chi connectivity index (χ1) is 16.9. The number of carbonyl (C=O) groups excluding carboxylic acids is 1. The lowest BCUT2D eigenvalue weighted by Gasteiger charge is -2.11. The molecule has 0 amide bonds. The monoisotopic (exact) mass is 490 g/mol. The number of thioether (sulfide) groups is 1. The number of aromatic amines is 1. The van der Waals surface area contributed by atoms with Gasteiger partial charge in [-0.15, -0.1) is 0 Å². The third-order valence-corrected chi connectivity index (χ3v) is 6.78. The molecule has 9 heteroatoms. The second-order valence-corrected chi connectivity index (χ2v) is 10.1. The van der Waals surface area contributed by atoms with Crippen molar-refractivity contribution < 1.29 is 4.79 Å². The van der Waals surface area contributed by atoms with Gasteiger partial charge in [0.15, 0.2) is 16.6 Å². The fraction of sp³-hybridized carbons (Fsp3) is 0.385. The van der Waals surface area contributed by atoms with Gasteiger partial charge in [-0.2, -0.15) is 9.78 Å². The Balaban J connectivity index is 1.52. The van der Waals surface area contributed by atoms with Crippen molar-refractivity contribution in [3.8, 4) is 5.95 Å². The molecule has 35 heavy (non-hydrogen) atoms. The molecular weight excluding hydrogens is 460 g/mol. The van der Waals surface area contributed by atoms with Crippen LogP contribution in [0, 0.1) is 13.8 Å². The predicted molar refractivity (Wildman–Crippen MR) is 138 cm³/mol. The zero-order valence-corrected chi connectivity index (χ0v) is 21.4. The van der Waals surface area contributed by atoms with Crippen LogP contribution in [-0.2, 0) is 6.42 Å². The number of hydrogen-bond acceptors (Lipinski definition) is 7. The second-order valence-electron chi connectivity index (χ2n) is 8.75. The van der Waals surface area contributed by atoms with Crippen LogP contribution in [-0.4, -0.2) is 40.7 Å². The number of rotatable bonds is 10. The number of nitrogens with one attached hydrogen (secondary N) is 1. The summed E-state index contributed by atoms with van der Waals surface area (Å²) in [7, 11) is 0. The van der Waals surface area contributed by atoms with Crippen molar-refractivity contribution >= 4 is 28.6 Å². The first kappa shape index (κ1) is 24.8. The molecular formula is C26H30N6O2S. The lowest BCUT2D eigenvalue weighted by Crippen LogP contribution is -2.16. The quantitative estimate of drug-likeness (QED) is 0.144. The van der Waals surface area contributed by atoms with E-state index in [-0.39, 0.29) is 11.3 Å². The van der Waals surface area contributed by atoms with Gasteiger partial charge in [0, 0.05) is 17.0 Å². The van der Waals surface area contributed by atoms with Crippen molar-refractivity contribution in [2.24, 2.45) is 0 Å². The van der Waals surface area contributed by atoms with E-state index in [1.54, 1.807) is 0 Å². The van der Waals surface area contributed by atoms with E-state index < -0.39 is 5.25 Å². The second kappa shape index (κ2) is 10.9. The van der Waals surface area contributed by atoms with Crippen molar-refractivity contribution in [1.29, 1.82) is 0 Å². The first-order valence-electron chi connectivity index (χ1n) is 12.0. The van der Waals surface area contributed by atoms with E-state index in [9.17, 15) is 9.59 Å². The third kappa shape index (κ3) is 5.85. The summed E-state index contributed by atoms with van der Waals surface area (Å²) in [5.74, 6) is 0.340. The molecule has 0 radical (unpaired) electrons. The number of H-pyrrole nitrogens is 1. The molecule has 1 N–H and O–H groups in total. The normalized spacial score (nSPS) is 12.2. The zero-order chi connectivity index (χ0) is 24.9. The summed E-state index contributed by atoms with van der Waals surface area (Å²) in [4.78, 5) is 41.9. The van der Waals surface area contributed by atoms with Crippen LogP contribution in [0.1, 0.15) is 66.8 Å². The number of Topliss-reactive ketones (excluding diaryl/α,β-unsaturated/α-hetero) is 1. The van der Waals surface area contributed by atoms with Crippen LogP contribution in [0.2, 0.25) is 0 Å². The van der Waals surface area contributed by atoms with Gasteiger partial charge in [-0.25, -0.2) is 15.0 Å². The Hall–Kier alpha value is -3.33. The molecule has 0 aliphatic carbocycles. The maximum absolute atomic E-state index is 13.0. The molecule has 3 heterocycles. The van der Waals surface area contributed by atoms with Crippen molar-refractivity contribution in [1.82, 2.24) is 29.7 Å². The number of carbonyl (C=O) groups is 1. The van der Waals surface area contributed by atoms with Gasteiger partial charge >= 0.3 is 0 Å². The predicted octanol–water partition coefficient (Wildman–Crippen LogP) is 5.00. The summed E-state index contributed by atoms with van der Waals surface area (Å²) < 4.78 is 1.46. The first-order valence-corrected chi connectivity index (χ1v) is 12.8. The number of aromatic nitrogens is 6. The van der Waals surface area contributed by atoms with Gasteiger partial charge in [0.1, 0.15) is 5.39 Å². The zero-order valence-electron chi connectivity index (χ0n) is 20.5. The van der Waals surface area contributed by atoms with E-state index in [0.717, 1.165) is 17.8 Å². The maximum Gasteiger partial charge on any atom is 0.262 e. The Morgan fingerprint density at radius 3 is 2.46 bits per heavy atom. The van der Waals surface area contributed by atoms with Gasteiger partial charge < -0.3 is 4.98 Å². The molecule has 1 atom stereocenters. The number of fused-ring (bicyclic) bond motifs is 1. The average molecular weight is 491 g/mol. The Morgan fingerprint density at radius 1 is 1.06 bits per heavy atom. The molecule has 0 aliphatic heterocycles. The minimum atomic E-state index is -0.431. The molecule has 3 aromatic heterocycles. The number of benzene rings is 1. The highest BCUT2D eigenvalue weighted by Crippen LogP contribution is 2.24. The standard InChI is InChI=1S/C26H30N6O2S/c1-5-6-7-8-9-19-10-12-20(13-11-19)22(33)18(4)35-26-30-23-21(24(34)31-26)15-27-32(23)25-28-16(2)14-17(3)29-25/h10-15,18H,5-9H2,1-4H3,(H,30,31,34). The number of aryl methyl sites for hydroxylation is 3. The average Bonchev–Trinajstić information content (AvgIpc) is 3.26. The number of ketones is 1. The third-order valence-electron chi connectivity index (χ3n) is 5.79. The summed E-state index contributed by atoms with van der Waals surface area (Å²) in [5, 5.41) is 4.54. The van der Waals surface area contributed by atoms with E-state index in [4.69, 9.17) is 0 Å². The van der Waals surface area contributed by atoms with Gasteiger partial charge in [0.05, 0.1) is 11.4 Å². The smallest absolute Gasteiger partial charge is 0.262 e. The Morgan fingerprint density at radius 2 is 1.77 bits per heavy atom. The van der Waals surface area contributed by atoms with Gasteiger partial charge in [0.25, 0.3) is 11.5 Å². The number of unbranched alkanes of at least 4 members (excludes halogenated alkanes) is 3. The van der Waals surface area contributed by atoms with E-state index >= 15 is 0 Å². The molecule has 0 bridgehead atoms. The van der Waals surface area contributed by atoms with Crippen LogP contribution in [0.25, 0.3) is 17.0 Å². The van der Waals surface area contributed by atoms with Crippen LogP contribution in [0.15, 0.2) is 46.5 Å². The van der Waals surface area contributed by atoms with Crippen LogP contribution >= 0.6 is 11.8 Å². The van der Waals surface area contributed by atoms with Crippen LogP contribution < -0.4 is 5.56 Å². The molecule has 1 unspecified atom stereocenters. The van der Waals surface area contributed by atoms with Crippen molar-refractivity contribution in [3.63, 3.8) is 0 Å². The van der Waals surface area contributed by atoms with E-state index in [1.165, 1.54) is 53.9 Å². The summed E-state index contributed by atoms with van der Waals surface area (Å²) in [5.41, 5.74) is 3.52. The summed E-state index contributed by atoms with van der Waals surface area (Å²) in [6.07, 6.45) is 7.35. The minimum Gasteiger partial charge on any atom is -0.301 e. The van der Waals surface area contributed by atoms with E-state index in [2.05, 4.69) is 32.0 Å². The highest BCUT2D eigenvalue weighted by Gasteiger charge is 2.20. The maximum atomic E-state index is 13.0. The molecule has 0 saturated heterocycles. The summed E-state index contributed by atoms with van der Waals surface area (Å²) >= 11 is 1.21. The van der Waals surface area contributed by atoms with Crippen molar-refractivity contribution in [2.45, 2.75) is 70.2 Å². The topological polar surface area (TPSA) is 106 Å². The van der Waals surface area contributed by atoms with Crippen LogP contribution in [0.5, 0.6) is 0 Å². The molecule has 4 rings (SSSR count). The Labute approximate surface area is 208 Å². The van der Waals surface area contributed by atoms with Crippen LogP contribution in [0.4, 0.5) is 0 Å². The van der Waals surface area contributed by atoms with Crippen molar-refractivity contribution in [3.05, 3.63) is 69.4 Å². The highest BCUT2D eigenvalue weighted by molar-refractivity contribution is 8.00. The molecule has 182 valence electrons. The van der Waals surface area contributed by atoms with E-state index in [0.29, 0.717) is 27.7 Å². The van der Waals surface area contributed by atoms with Gasteiger partial charge in [-0.1, -0.05) is 62.2 Å². The molecule has 1 aromatic carbocycles. The molecule has 0 spiro atoms. The summed E-state index contributed by atoms with van der Waals surface area (Å²) in [6, 6.07) is 9.71. The lowest BCUT2D eigenvalue weighted by molar-refractivity contribution is 0.0994. The Bertz CT molecular complexity index is 1370. The number of nitrogens with zero attached hydrogens (tertiary/aromatic N) is 5. The van der Waals surface area contributed by atoms with E-state index in [1.807, 2.05) is 51.1 Å². The largest absolute Gasteiger partial charge is 0.301 e. The minimum absolute atomic E-state index is 0.0126. The van der Waals surface area contributed by atoms with Crippen LogP contribution in [0.3, 0.4) is 0 Å². The molecule has 0 fully saturated rings. The fourth-order valence-electron chi connectivity index (χ4n) is 3.95. The Kier molecular flexibility index (Phi) is 7.75. The number of hydrogen-bond donors (Lipinski definition) is 1. The molecule has 4 aromatic rings. The van der Waals surface area contributed by atoms with Gasteiger partial charge in [-0.3, -0.25) is 9.59 Å². The SMILES string of the molecule is CCCCCCc1ccc(C(=O)C(C)Sc2nc3c(cnn3-c3nc(C)cc(C)n3)c(=O)[nH]2)cc1. The van der Waals surface area contributed by atoms with Gasteiger partial charge in [0.2, 0.25) is 0 Å². The highest BCUT2D eigenvalue weighted by atomic mass is 32.2. The lowest BCUT2D eigenvalue weighted by atomic mass is 10.0. The molecule has 0 aliphatic rings. The fourth-order valence-corrected chi connectivity index (χ4v) is 4.82. The molecule has 0 saturated carbocycles.